The number of carbonyl (C=O) groups excluding carboxylic acids is 2. The summed E-state index contributed by atoms with van der Waals surface area (Å²) in [7, 11) is 0. The van der Waals surface area contributed by atoms with E-state index < -0.39 is 11.4 Å². The molecule has 2 aromatic carbocycles. The number of hydrogen-bond acceptors (Lipinski definition) is 3. The maximum atomic E-state index is 12.8. The van der Waals surface area contributed by atoms with E-state index in [1.165, 1.54) is 0 Å². The molecule has 1 amide bonds. The zero-order chi connectivity index (χ0) is 22.0. The van der Waals surface area contributed by atoms with E-state index in [2.05, 4.69) is 20.8 Å². The summed E-state index contributed by atoms with van der Waals surface area (Å²) in [4.78, 5) is 25.4. The van der Waals surface area contributed by atoms with Gasteiger partial charge in [-0.1, -0.05) is 68.8 Å². The van der Waals surface area contributed by atoms with Gasteiger partial charge in [0.1, 0.15) is 0 Å². The van der Waals surface area contributed by atoms with Crippen LogP contribution in [0, 0.1) is 0 Å². The first-order valence-corrected chi connectivity index (χ1v) is 10.2. The Morgan fingerprint density at radius 3 is 1.97 bits per heavy atom. The Balaban J connectivity index is 2.13. The summed E-state index contributed by atoms with van der Waals surface area (Å²) < 4.78 is 1.78. The van der Waals surface area contributed by atoms with Crippen LogP contribution in [0.2, 0.25) is 5.02 Å². The van der Waals surface area contributed by atoms with Crippen molar-refractivity contribution in [2.24, 2.45) is 0 Å². The van der Waals surface area contributed by atoms with Crippen LogP contribution >= 0.6 is 35.2 Å². The standard InChI is InChI=1S/C22H25Cl3N2O2/c1-21(2,3)16-12-10-15(11-13-16)19(28)14-22(4,5)27(25)26(24)20(29)17-8-6-7-9-18(17)23/h6-13H,14H2,1-5H3. The molecular weight excluding hydrogens is 431 g/mol. The van der Waals surface area contributed by atoms with E-state index in [-0.39, 0.29) is 28.2 Å². The maximum Gasteiger partial charge on any atom is 0.285 e. The number of benzene rings is 2. The van der Waals surface area contributed by atoms with Gasteiger partial charge in [0.05, 0.1) is 16.1 Å². The number of Topliss-reactive ketones (excluding diaryl/α,β-unsaturated/α-hetero) is 1. The fourth-order valence-electron chi connectivity index (χ4n) is 2.77. The summed E-state index contributed by atoms with van der Waals surface area (Å²) >= 11 is 18.6. The summed E-state index contributed by atoms with van der Waals surface area (Å²) in [6, 6.07) is 14.1. The minimum atomic E-state index is -0.931. The van der Waals surface area contributed by atoms with Crippen molar-refractivity contribution in [2.45, 2.75) is 52.0 Å². The summed E-state index contributed by atoms with van der Waals surface area (Å²) in [5.41, 5.74) is 1.01. The second-order valence-electron chi connectivity index (χ2n) is 8.54. The summed E-state index contributed by atoms with van der Waals surface area (Å²) in [6.07, 6.45) is 0.0599. The second-order valence-corrected chi connectivity index (χ2v) is 9.59. The van der Waals surface area contributed by atoms with Crippen molar-refractivity contribution in [2.75, 3.05) is 0 Å². The topological polar surface area (TPSA) is 40.6 Å². The molecule has 0 heterocycles. The number of ketones is 1. The Bertz CT molecular complexity index is 890. The zero-order valence-electron chi connectivity index (χ0n) is 17.2. The van der Waals surface area contributed by atoms with Crippen LogP contribution in [0.5, 0.6) is 0 Å². The fraction of sp³-hybridized carbons (Fsp3) is 0.364. The van der Waals surface area contributed by atoms with E-state index in [9.17, 15) is 9.59 Å². The lowest BCUT2D eigenvalue weighted by molar-refractivity contribution is 0.0374. The van der Waals surface area contributed by atoms with Crippen molar-refractivity contribution in [1.29, 1.82) is 0 Å². The van der Waals surface area contributed by atoms with Crippen molar-refractivity contribution in [1.82, 2.24) is 9.06 Å². The molecule has 0 aromatic heterocycles. The van der Waals surface area contributed by atoms with Crippen LogP contribution < -0.4 is 0 Å². The van der Waals surface area contributed by atoms with Gasteiger partial charge >= 0.3 is 0 Å². The summed E-state index contributed by atoms with van der Waals surface area (Å²) in [5, 5.41) is 0.265. The molecular formula is C22H25Cl3N2O2. The van der Waals surface area contributed by atoms with Gasteiger partial charge in [0, 0.05) is 35.5 Å². The van der Waals surface area contributed by atoms with Crippen LogP contribution in [-0.4, -0.2) is 26.3 Å². The van der Waals surface area contributed by atoms with Gasteiger partial charge in [0.15, 0.2) is 5.78 Å². The van der Waals surface area contributed by atoms with E-state index in [4.69, 9.17) is 35.2 Å². The molecule has 7 heteroatoms. The quantitative estimate of drug-likeness (QED) is 0.278. The molecule has 4 nitrogen and oxygen atoms in total. The van der Waals surface area contributed by atoms with Gasteiger partial charge in [-0.3, -0.25) is 9.59 Å². The Kier molecular flexibility index (Phi) is 7.39. The number of halogens is 3. The molecule has 156 valence electrons. The van der Waals surface area contributed by atoms with Gasteiger partial charge in [0.2, 0.25) is 0 Å². The zero-order valence-corrected chi connectivity index (χ0v) is 19.4. The third kappa shape index (κ3) is 5.73. The van der Waals surface area contributed by atoms with Gasteiger partial charge in [-0.05, 0) is 37.0 Å². The first-order chi connectivity index (χ1) is 13.3. The molecule has 0 unspecified atom stereocenters. The molecule has 0 aliphatic carbocycles. The van der Waals surface area contributed by atoms with E-state index in [0.29, 0.717) is 5.56 Å². The smallest absolute Gasteiger partial charge is 0.285 e. The molecule has 0 fully saturated rings. The van der Waals surface area contributed by atoms with Crippen molar-refractivity contribution < 1.29 is 9.59 Å². The van der Waals surface area contributed by atoms with Crippen molar-refractivity contribution in [3.63, 3.8) is 0 Å². The Morgan fingerprint density at radius 2 is 1.45 bits per heavy atom. The molecule has 0 saturated heterocycles. The third-order valence-electron chi connectivity index (χ3n) is 4.59. The van der Waals surface area contributed by atoms with E-state index >= 15 is 0 Å². The normalized spacial score (nSPS) is 12.2. The highest BCUT2D eigenvalue weighted by Crippen LogP contribution is 2.30. The second kappa shape index (κ2) is 9.05. The van der Waals surface area contributed by atoms with E-state index in [1.54, 1.807) is 38.1 Å². The lowest BCUT2D eigenvalue weighted by atomic mass is 9.86. The SMILES string of the molecule is CC(C)(C)c1ccc(C(=O)CC(C)(C)N(Cl)N(Cl)C(=O)c2ccccc2Cl)cc1. The molecule has 0 saturated carbocycles. The minimum absolute atomic E-state index is 0.00594. The van der Waals surface area contributed by atoms with Crippen LogP contribution in [0.4, 0.5) is 0 Å². The largest absolute Gasteiger partial charge is 0.294 e. The van der Waals surface area contributed by atoms with Gasteiger partial charge < -0.3 is 0 Å². The molecule has 2 rings (SSSR count). The molecule has 0 spiro atoms. The van der Waals surface area contributed by atoms with Crippen LogP contribution in [0.15, 0.2) is 48.5 Å². The predicted molar refractivity (Wildman–Crippen MR) is 119 cm³/mol. The van der Waals surface area contributed by atoms with Crippen LogP contribution in [0.25, 0.3) is 0 Å². The average Bonchev–Trinajstić information content (AvgIpc) is 2.65. The lowest BCUT2D eigenvalue weighted by Gasteiger charge is -2.36. The number of amides is 1. The van der Waals surface area contributed by atoms with Crippen molar-refractivity contribution >= 4 is 46.8 Å². The minimum Gasteiger partial charge on any atom is -0.294 e. The number of hydrogen-bond donors (Lipinski definition) is 0. The summed E-state index contributed by atoms with van der Waals surface area (Å²) in [5.74, 6) is -0.682. The van der Waals surface area contributed by atoms with Crippen LogP contribution in [0.3, 0.4) is 0 Å². The van der Waals surface area contributed by atoms with E-state index in [0.717, 1.165) is 14.6 Å². The Hall–Kier alpha value is -1.59. The maximum absolute atomic E-state index is 12.8. The van der Waals surface area contributed by atoms with Crippen LogP contribution in [0.1, 0.15) is 67.3 Å². The lowest BCUT2D eigenvalue weighted by Crippen LogP contribution is -2.48. The number of hydrazine groups is 1. The first kappa shape index (κ1) is 23.7. The first-order valence-electron chi connectivity index (χ1n) is 9.19. The molecule has 0 radical (unpaired) electrons. The Morgan fingerprint density at radius 1 is 0.897 bits per heavy atom. The van der Waals surface area contributed by atoms with Gasteiger partial charge in [0.25, 0.3) is 5.91 Å². The predicted octanol–water partition coefficient (Wildman–Crippen LogP) is 6.66. The number of rotatable bonds is 6. The average molecular weight is 456 g/mol. The van der Waals surface area contributed by atoms with Crippen LogP contribution in [-0.2, 0) is 5.41 Å². The molecule has 29 heavy (non-hydrogen) atoms. The molecule has 0 bridgehead atoms. The van der Waals surface area contributed by atoms with Gasteiger partial charge in [-0.2, -0.15) is 4.53 Å². The van der Waals surface area contributed by atoms with Gasteiger partial charge in [-0.25, -0.2) is 0 Å². The number of carbonyl (C=O) groups is 2. The highest BCUT2D eigenvalue weighted by molar-refractivity contribution is 6.35. The molecule has 0 aliphatic heterocycles. The molecule has 0 atom stereocenters. The highest BCUT2D eigenvalue weighted by Gasteiger charge is 2.36. The van der Waals surface area contributed by atoms with Crippen molar-refractivity contribution in [3.05, 3.63) is 70.2 Å². The highest BCUT2D eigenvalue weighted by atomic mass is 35.5. The van der Waals surface area contributed by atoms with Crippen molar-refractivity contribution in [3.8, 4) is 0 Å². The Labute approximate surface area is 187 Å². The molecule has 2 aromatic rings. The molecule has 0 N–H and O–H groups in total. The fourth-order valence-corrected chi connectivity index (χ4v) is 3.41. The monoisotopic (exact) mass is 454 g/mol. The molecule has 0 aliphatic rings. The number of nitrogens with zero attached hydrogens (tertiary/aromatic N) is 2. The van der Waals surface area contributed by atoms with Gasteiger partial charge in [-0.15, -0.1) is 4.53 Å². The third-order valence-corrected chi connectivity index (χ3v) is 5.91. The van der Waals surface area contributed by atoms with E-state index in [1.807, 2.05) is 24.3 Å². The summed E-state index contributed by atoms with van der Waals surface area (Å²) in [6.45, 7) is 9.81.